The van der Waals surface area contributed by atoms with Crippen LogP contribution >= 0.6 is 0 Å². The molecular formula is C15H19N3O2. The second-order valence-electron chi connectivity index (χ2n) is 4.71. The van der Waals surface area contributed by atoms with Crippen LogP contribution in [0.1, 0.15) is 5.56 Å². The first-order chi connectivity index (χ1) is 9.63. The van der Waals surface area contributed by atoms with Gasteiger partial charge in [0.05, 0.1) is 19.8 Å². The number of nitrogens with zero attached hydrogens (tertiary/aromatic N) is 3. The Labute approximate surface area is 119 Å². The lowest BCUT2D eigenvalue weighted by atomic mass is 10.1. The van der Waals surface area contributed by atoms with Gasteiger partial charge in [-0.15, -0.1) is 0 Å². The van der Waals surface area contributed by atoms with Crippen LogP contribution < -0.4 is 9.47 Å². The number of methoxy groups -OCH3 is 2. The van der Waals surface area contributed by atoms with Crippen LogP contribution in [-0.2, 0) is 6.54 Å². The predicted octanol–water partition coefficient (Wildman–Crippen LogP) is 2.22. The lowest BCUT2D eigenvalue weighted by Crippen LogP contribution is -2.10. The number of benzene rings is 1. The van der Waals surface area contributed by atoms with Crippen molar-refractivity contribution in [2.24, 2.45) is 0 Å². The van der Waals surface area contributed by atoms with Gasteiger partial charge in [0, 0.05) is 12.7 Å². The molecule has 0 amide bonds. The molecule has 0 aliphatic heterocycles. The third-order valence-electron chi connectivity index (χ3n) is 2.87. The van der Waals surface area contributed by atoms with Gasteiger partial charge in [-0.2, -0.15) is 4.98 Å². The molecule has 0 bridgehead atoms. The minimum Gasteiger partial charge on any atom is -0.480 e. The van der Waals surface area contributed by atoms with E-state index >= 15 is 0 Å². The molecule has 0 saturated heterocycles. The molecule has 0 N–H and O–H groups in total. The quantitative estimate of drug-likeness (QED) is 0.836. The van der Waals surface area contributed by atoms with Crippen molar-refractivity contribution in [3.05, 3.63) is 36.0 Å². The van der Waals surface area contributed by atoms with Crippen LogP contribution in [-0.4, -0.2) is 43.2 Å². The maximum atomic E-state index is 5.30. The summed E-state index contributed by atoms with van der Waals surface area (Å²) in [6.45, 7) is 0.913. The van der Waals surface area contributed by atoms with Gasteiger partial charge in [0.1, 0.15) is 0 Å². The van der Waals surface area contributed by atoms with Crippen molar-refractivity contribution in [1.82, 2.24) is 14.9 Å². The van der Waals surface area contributed by atoms with Crippen molar-refractivity contribution in [2.45, 2.75) is 6.54 Å². The molecule has 0 atom stereocenters. The fourth-order valence-corrected chi connectivity index (χ4v) is 1.96. The van der Waals surface area contributed by atoms with Crippen molar-refractivity contribution in [1.29, 1.82) is 0 Å². The Morgan fingerprint density at radius 3 is 2.30 bits per heavy atom. The van der Waals surface area contributed by atoms with Crippen LogP contribution in [0.3, 0.4) is 0 Å². The van der Waals surface area contributed by atoms with Crippen LogP contribution in [0, 0.1) is 0 Å². The van der Waals surface area contributed by atoms with Crippen LogP contribution in [0.15, 0.2) is 30.5 Å². The molecule has 20 heavy (non-hydrogen) atoms. The van der Waals surface area contributed by atoms with Crippen molar-refractivity contribution < 1.29 is 9.47 Å². The monoisotopic (exact) mass is 273 g/mol. The molecule has 1 aromatic heterocycles. The van der Waals surface area contributed by atoms with E-state index in [4.69, 9.17) is 9.47 Å². The summed E-state index contributed by atoms with van der Waals surface area (Å²) in [6, 6.07) is 8.59. The first kappa shape index (κ1) is 14.3. The molecule has 0 spiro atoms. The Morgan fingerprint density at radius 1 is 1.05 bits per heavy atom. The van der Waals surface area contributed by atoms with Crippen molar-refractivity contribution in [3.63, 3.8) is 0 Å². The Kier molecular flexibility index (Phi) is 4.53. The molecule has 0 fully saturated rings. The Balaban J connectivity index is 2.31. The zero-order valence-corrected chi connectivity index (χ0v) is 12.3. The fourth-order valence-electron chi connectivity index (χ4n) is 1.96. The number of hydrogen-bond acceptors (Lipinski definition) is 5. The molecule has 2 rings (SSSR count). The standard InChI is InChI=1S/C15H19N3O2/c1-18(2)10-11-5-7-12(8-6-11)13-9-16-15(20-4)17-14(13)19-3/h5-9H,10H2,1-4H3. The van der Waals surface area contributed by atoms with E-state index in [1.54, 1.807) is 13.3 Å². The fraction of sp³-hybridized carbons (Fsp3) is 0.333. The van der Waals surface area contributed by atoms with Gasteiger partial charge in [0.15, 0.2) is 0 Å². The molecule has 0 radical (unpaired) electrons. The van der Waals surface area contributed by atoms with E-state index in [2.05, 4.69) is 27.0 Å². The third kappa shape index (κ3) is 3.24. The first-order valence-electron chi connectivity index (χ1n) is 6.33. The average Bonchev–Trinajstić information content (AvgIpc) is 2.47. The van der Waals surface area contributed by atoms with E-state index in [-0.39, 0.29) is 0 Å². The topological polar surface area (TPSA) is 47.5 Å². The van der Waals surface area contributed by atoms with Gasteiger partial charge in [-0.1, -0.05) is 24.3 Å². The summed E-state index contributed by atoms with van der Waals surface area (Å²) in [5, 5.41) is 0. The lowest BCUT2D eigenvalue weighted by Gasteiger charge is -2.11. The second kappa shape index (κ2) is 6.34. The second-order valence-corrected chi connectivity index (χ2v) is 4.71. The number of aromatic nitrogens is 2. The van der Waals surface area contributed by atoms with E-state index < -0.39 is 0 Å². The summed E-state index contributed by atoms with van der Waals surface area (Å²) in [5.74, 6) is 0.511. The summed E-state index contributed by atoms with van der Waals surface area (Å²) >= 11 is 0. The van der Waals surface area contributed by atoms with E-state index in [0.29, 0.717) is 11.9 Å². The molecule has 0 aliphatic rings. The van der Waals surface area contributed by atoms with Gasteiger partial charge < -0.3 is 14.4 Å². The van der Waals surface area contributed by atoms with Crippen LogP contribution in [0.25, 0.3) is 11.1 Å². The van der Waals surface area contributed by atoms with Gasteiger partial charge in [0.25, 0.3) is 0 Å². The normalized spacial score (nSPS) is 10.7. The van der Waals surface area contributed by atoms with E-state index in [1.807, 2.05) is 26.2 Å². The highest BCUT2D eigenvalue weighted by Gasteiger charge is 2.10. The maximum absolute atomic E-state index is 5.30. The van der Waals surface area contributed by atoms with Gasteiger partial charge in [0.2, 0.25) is 5.88 Å². The average molecular weight is 273 g/mol. The van der Waals surface area contributed by atoms with Crippen molar-refractivity contribution in [3.8, 4) is 23.0 Å². The molecule has 5 nitrogen and oxygen atoms in total. The first-order valence-corrected chi connectivity index (χ1v) is 6.33. The highest BCUT2D eigenvalue weighted by atomic mass is 16.5. The summed E-state index contributed by atoms with van der Waals surface area (Å²) < 4.78 is 10.3. The summed E-state index contributed by atoms with van der Waals surface area (Å²) in [7, 11) is 7.22. The van der Waals surface area contributed by atoms with Crippen LogP contribution in [0.4, 0.5) is 0 Å². The summed E-state index contributed by atoms with van der Waals surface area (Å²) in [4.78, 5) is 10.5. The minimum atomic E-state index is 0.301. The third-order valence-corrected chi connectivity index (χ3v) is 2.87. The van der Waals surface area contributed by atoms with E-state index in [9.17, 15) is 0 Å². The molecule has 0 aliphatic carbocycles. The molecular weight excluding hydrogens is 254 g/mol. The summed E-state index contributed by atoms with van der Waals surface area (Å²) in [6.07, 6.45) is 1.71. The molecule has 1 heterocycles. The number of rotatable bonds is 5. The zero-order valence-electron chi connectivity index (χ0n) is 12.3. The zero-order chi connectivity index (χ0) is 14.5. The van der Waals surface area contributed by atoms with Crippen LogP contribution in [0.5, 0.6) is 11.9 Å². The maximum Gasteiger partial charge on any atom is 0.319 e. The largest absolute Gasteiger partial charge is 0.480 e. The van der Waals surface area contributed by atoms with Gasteiger partial charge in [-0.3, -0.25) is 0 Å². The van der Waals surface area contributed by atoms with Gasteiger partial charge in [-0.25, -0.2) is 4.98 Å². The van der Waals surface area contributed by atoms with Crippen molar-refractivity contribution in [2.75, 3.05) is 28.3 Å². The van der Waals surface area contributed by atoms with Crippen LogP contribution in [0.2, 0.25) is 0 Å². The van der Waals surface area contributed by atoms with E-state index in [0.717, 1.165) is 17.7 Å². The number of hydrogen-bond donors (Lipinski definition) is 0. The molecule has 2 aromatic rings. The Morgan fingerprint density at radius 2 is 1.75 bits per heavy atom. The molecule has 0 saturated carbocycles. The minimum absolute atomic E-state index is 0.301. The lowest BCUT2D eigenvalue weighted by molar-refractivity contribution is 0.353. The number of ether oxygens (including phenoxy) is 2. The Bertz CT molecular complexity index is 568. The molecule has 5 heteroatoms. The SMILES string of the molecule is COc1ncc(-c2ccc(CN(C)C)cc2)c(OC)n1. The van der Waals surface area contributed by atoms with Gasteiger partial charge >= 0.3 is 6.01 Å². The smallest absolute Gasteiger partial charge is 0.319 e. The molecule has 106 valence electrons. The van der Waals surface area contributed by atoms with Gasteiger partial charge in [-0.05, 0) is 25.2 Å². The highest BCUT2D eigenvalue weighted by molar-refractivity contribution is 5.68. The Hall–Kier alpha value is -2.14. The predicted molar refractivity (Wildman–Crippen MR) is 78.0 cm³/mol. The highest BCUT2D eigenvalue weighted by Crippen LogP contribution is 2.28. The summed E-state index contributed by atoms with van der Waals surface area (Å²) in [5.41, 5.74) is 3.13. The molecule has 0 unspecified atom stereocenters. The molecule has 1 aromatic carbocycles. The van der Waals surface area contributed by atoms with E-state index in [1.165, 1.54) is 12.7 Å². The van der Waals surface area contributed by atoms with Crippen molar-refractivity contribution >= 4 is 0 Å².